The Hall–Kier alpha value is -4.40. The van der Waals surface area contributed by atoms with E-state index in [2.05, 4.69) is 52.3 Å². The average Bonchev–Trinajstić information content (AvgIpc) is 3.13. The number of urea groups is 1. The van der Waals surface area contributed by atoms with Crippen LogP contribution >= 0.6 is 0 Å². The van der Waals surface area contributed by atoms with Crippen LogP contribution in [0.3, 0.4) is 0 Å². The van der Waals surface area contributed by atoms with Gasteiger partial charge in [-0.1, -0.05) is 42.5 Å². The number of nitrogens with one attached hydrogen (secondary N) is 3. The zero-order chi connectivity index (χ0) is 35.1. The highest BCUT2D eigenvalue weighted by Crippen LogP contribution is 2.39. The van der Waals surface area contributed by atoms with Crippen molar-refractivity contribution in [3.8, 4) is 5.75 Å². The zero-order valence-electron chi connectivity index (χ0n) is 28.4. The van der Waals surface area contributed by atoms with Gasteiger partial charge in [0.25, 0.3) is 0 Å². The average molecular weight is 696 g/mol. The minimum Gasteiger partial charge on any atom is -0.492 e. The maximum absolute atomic E-state index is 13.5. The van der Waals surface area contributed by atoms with Crippen molar-refractivity contribution < 1.29 is 43.2 Å². The fraction of sp³-hybridized carbons (Fsp3) is 0.556. The van der Waals surface area contributed by atoms with Crippen LogP contribution in [-0.4, -0.2) is 130 Å². The van der Waals surface area contributed by atoms with Gasteiger partial charge in [0.1, 0.15) is 19.0 Å². The third-order valence-corrected chi connectivity index (χ3v) is 9.31. The number of hydrogen-bond donors (Lipinski definition) is 4. The second-order valence-corrected chi connectivity index (χ2v) is 12.7. The summed E-state index contributed by atoms with van der Waals surface area (Å²) in [6.45, 7) is 4.56. The smallest absolute Gasteiger partial charge is 0.404 e. The molecule has 14 nitrogen and oxygen atoms in total. The first-order valence-corrected chi connectivity index (χ1v) is 17.5. The Morgan fingerprint density at radius 3 is 2.36 bits per heavy atom. The van der Waals surface area contributed by atoms with Crippen molar-refractivity contribution in [3.05, 3.63) is 65.7 Å². The molecule has 5 rings (SSSR count). The fourth-order valence-electron chi connectivity index (χ4n) is 6.86. The molecule has 0 bridgehead atoms. The lowest BCUT2D eigenvalue weighted by molar-refractivity contribution is -0.139. The summed E-state index contributed by atoms with van der Waals surface area (Å²) in [4.78, 5) is 51.7. The molecule has 0 aliphatic carbocycles. The molecule has 2 aromatic rings. The number of piperidine rings is 2. The molecule has 0 aromatic heterocycles. The summed E-state index contributed by atoms with van der Waals surface area (Å²) in [7, 11) is 0. The van der Waals surface area contributed by atoms with Gasteiger partial charge >= 0.3 is 12.1 Å². The molecule has 2 aromatic carbocycles. The molecular formula is C36H49N5O9. The fourth-order valence-corrected chi connectivity index (χ4v) is 6.86. The van der Waals surface area contributed by atoms with Crippen molar-refractivity contribution in [1.29, 1.82) is 0 Å². The van der Waals surface area contributed by atoms with E-state index in [1.807, 2.05) is 28.0 Å². The van der Waals surface area contributed by atoms with E-state index in [-0.39, 0.29) is 68.7 Å². The van der Waals surface area contributed by atoms with Gasteiger partial charge in [-0.05, 0) is 48.4 Å². The van der Waals surface area contributed by atoms with E-state index in [0.717, 1.165) is 30.6 Å². The second kappa shape index (κ2) is 19.1. The Morgan fingerprint density at radius 2 is 1.58 bits per heavy atom. The number of benzene rings is 2. The van der Waals surface area contributed by atoms with Gasteiger partial charge in [-0.2, -0.15) is 0 Å². The van der Waals surface area contributed by atoms with Gasteiger partial charge in [0.15, 0.2) is 0 Å². The van der Waals surface area contributed by atoms with E-state index in [1.165, 1.54) is 5.56 Å². The van der Waals surface area contributed by atoms with Gasteiger partial charge in [0, 0.05) is 45.1 Å². The molecule has 5 amide bonds. The van der Waals surface area contributed by atoms with E-state index in [4.69, 9.17) is 24.1 Å². The lowest BCUT2D eigenvalue weighted by atomic mass is 9.76. The van der Waals surface area contributed by atoms with Crippen LogP contribution in [0.15, 0.2) is 54.6 Å². The Labute approximate surface area is 292 Å². The number of rotatable bonds is 16. The van der Waals surface area contributed by atoms with Crippen LogP contribution in [0.2, 0.25) is 0 Å². The normalized spacial score (nSPS) is 20.0. The number of likely N-dealkylation sites (tertiary alicyclic amines) is 2. The minimum atomic E-state index is -1.09. The molecular weight excluding hydrogens is 646 g/mol. The molecule has 50 heavy (non-hydrogen) atoms. The SMILES string of the molecule is O=C(O)NCCOCCOCCC(=O)NCCOc1cccc(C(c2ccccc2)C2CCN(C(=O)N3CC[C@@H]4OCC(=O)N[C@@H]4C3)CC2)c1. The number of ether oxygens (including phenoxy) is 4. The summed E-state index contributed by atoms with van der Waals surface area (Å²) in [5, 5.41) is 16.6. The third kappa shape index (κ3) is 11.1. The standard InChI is InChI=1S/C36H49N5O9/c42-32(12-18-47-21-22-48-19-13-38-35(44)45)37-14-20-49-29-8-4-7-28(23-29)34(26-5-2-1-3-6-26)27-9-15-40(16-10-27)36(46)41-17-11-31-30(24-41)39-33(43)25-50-31/h1-8,23,27,30-31,34,38H,9-22,24-25H2,(H,37,42)(H,39,43)(H,44,45)/t30-,31+,34?/m1/s1. The van der Waals surface area contributed by atoms with Crippen molar-refractivity contribution >= 4 is 23.9 Å². The highest BCUT2D eigenvalue weighted by molar-refractivity contribution is 5.79. The predicted octanol–water partition coefficient (Wildman–Crippen LogP) is 2.43. The molecule has 3 atom stereocenters. The number of hydrogen-bond acceptors (Lipinski definition) is 8. The molecule has 0 saturated carbocycles. The molecule has 4 N–H and O–H groups in total. The second-order valence-electron chi connectivity index (χ2n) is 12.7. The van der Waals surface area contributed by atoms with Gasteiger partial charge in [-0.15, -0.1) is 0 Å². The molecule has 14 heteroatoms. The van der Waals surface area contributed by atoms with E-state index in [0.29, 0.717) is 58.5 Å². The highest BCUT2D eigenvalue weighted by atomic mass is 16.5. The first-order chi connectivity index (χ1) is 24.4. The van der Waals surface area contributed by atoms with Gasteiger partial charge < -0.3 is 49.8 Å². The summed E-state index contributed by atoms with van der Waals surface area (Å²) in [5.74, 6) is 0.930. The van der Waals surface area contributed by atoms with Gasteiger partial charge in [-0.3, -0.25) is 9.59 Å². The summed E-state index contributed by atoms with van der Waals surface area (Å²) < 4.78 is 22.4. The number of morpholine rings is 1. The van der Waals surface area contributed by atoms with E-state index >= 15 is 0 Å². The number of carbonyl (C=O) groups excluding carboxylic acids is 3. The molecule has 0 spiro atoms. The molecule has 3 fully saturated rings. The van der Waals surface area contributed by atoms with Crippen molar-refractivity contribution in [2.45, 2.75) is 43.7 Å². The summed E-state index contributed by atoms with van der Waals surface area (Å²) >= 11 is 0. The number of carboxylic acid groups (broad SMARTS) is 1. The molecule has 1 unspecified atom stereocenters. The van der Waals surface area contributed by atoms with Crippen LogP contribution in [-0.2, 0) is 23.8 Å². The third-order valence-electron chi connectivity index (χ3n) is 9.31. The summed E-state index contributed by atoms with van der Waals surface area (Å²) in [6, 6.07) is 18.5. The van der Waals surface area contributed by atoms with Crippen LogP contribution in [0.25, 0.3) is 0 Å². The number of nitrogens with zero attached hydrogens (tertiary/aromatic N) is 2. The first kappa shape index (κ1) is 36.9. The molecule has 3 aliphatic heterocycles. The van der Waals surface area contributed by atoms with Crippen LogP contribution in [0.1, 0.15) is 42.7 Å². The molecule has 3 aliphatic rings. The number of carbonyl (C=O) groups is 4. The lowest BCUT2D eigenvalue weighted by Crippen LogP contribution is -2.62. The monoisotopic (exact) mass is 695 g/mol. The predicted molar refractivity (Wildman–Crippen MR) is 183 cm³/mol. The first-order valence-electron chi connectivity index (χ1n) is 17.5. The van der Waals surface area contributed by atoms with Gasteiger partial charge in [0.05, 0.1) is 45.1 Å². The van der Waals surface area contributed by atoms with E-state index in [1.54, 1.807) is 0 Å². The van der Waals surface area contributed by atoms with Crippen LogP contribution in [0.5, 0.6) is 5.75 Å². The van der Waals surface area contributed by atoms with Crippen molar-refractivity contribution in [2.24, 2.45) is 5.92 Å². The van der Waals surface area contributed by atoms with Crippen molar-refractivity contribution in [2.75, 3.05) is 78.9 Å². The Balaban J connectivity index is 1.06. The topological polar surface area (TPSA) is 168 Å². The largest absolute Gasteiger partial charge is 0.492 e. The minimum absolute atomic E-state index is 0.0285. The summed E-state index contributed by atoms with van der Waals surface area (Å²) in [6.07, 6.45) is 1.54. The highest BCUT2D eigenvalue weighted by Gasteiger charge is 2.38. The van der Waals surface area contributed by atoms with Crippen LogP contribution < -0.4 is 20.7 Å². The molecule has 272 valence electrons. The van der Waals surface area contributed by atoms with Crippen molar-refractivity contribution in [1.82, 2.24) is 25.8 Å². The quantitative estimate of drug-likeness (QED) is 0.193. The number of amides is 5. The van der Waals surface area contributed by atoms with Crippen molar-refractivity contribution in [3.63, 3.8) is 0 Å². The maximum atomic E-state index is 13.5. The maximum Gasteiger partial charge on any atom is 0.404 e. The molecule has 3 saturated heterocycles. The molecule has 0 radical (unpaired) electrons. The van der Waals surface area contributed by atoms with E-state index in [9.17, 15) is 19.2 Å². The van der Waals surface area contributed by atoms with E-state index < -0.39 is 6.09 Å². The van der Waals surface area contributed by atoms with Crippen LogP contribution in [0, 0.1) is 5.92 Å². The summed E-state index contributed by atoms with van der Waals surface area (Å²) in [5.41, 5.74) is 2.37. The van der Waals surface area contributed by atoms with Crippen LogP contribution in [0.4, 0.5) is 9.59 Å². The van der Waals surface area contributed by atoms with Gasteiger partial charge in [0.2, 0.25) is 11.8 Å². The number of fused-ring (bicyclic) bond motifs is 1. The zero-order valence-corrected chi connectivity index (χ0v) is 28.4. The Morgan fingerprint density at radius 1 is 0.860 bits per heavy atom. The Bertz CT molecular complexity index is 1410. The van der Waals surface area contributed by atoms with Gasteiger partial charge in [-0.25, -0.2) is 9.59 Å². The molecule has 3 heterocycles. The lowest BCUT2D eigenvalue weighted by Gasteiger charge is -2.44. The Kier molecular flexibility index (Phi) is 14.1.